The number of benzene rings is 2. The van der Waals surface area contributed by atoms with E-state index in [0.717, 1.165) is 17.8 Å². The smallest absolute Gasteiger partial charge is 0.00498 e. The Morgan fingerprint density at radius 2 is 1.50 bits per heavy atom. The second kappa shape index (κ2) is 2.98. The van der Waals surface area contributed by atoms with E-state index in [2.05, 4.69) is 54.6 Å². The Bertz CT molecular complexity index is 523. The van der Waals surface area contributed by atoms with Crippen LogP contribution in [0, 0.1) is 5.92 Å². The molecular formula is C16H14. The molecule has 0 unspecified atom stereocenters. The van der Waals surface area contributed by atoms with Crippen molar-refractivity contribution in [2.45, 2.75) is 18.3 Å². The molecule has 0 aromatic heterocycles. The minimum absolute atomic E-state index is 0.802. The van der Waals surface area contributed by atoms with Crippen LogP contribution in [0.25, 0.3) is 0 Å². The topological polar surface area (TPSA) is 0 Å². The van der Waals surface area contributed by atoms with Crippen molar-refractivity contribution in [1.82, 2.24) is 0 Å². The highest BCUT2D eigenvalue weighted by atomic mass is 14.6. The first-order valence-corrected chi connectivity index (χ1v) is 6.08. The Morgan fingerprint density at radius 1 is 0.750 bits per heavy atom. The zero-order chi connectivity index (χ0) is 10.5. The van der Waals surface area contributed by atoms with Crippen LogP contribution in [-0.2, 0) is 6.42 Å². The van der Waals surface area contributed by atoms with Crippen LogP contribution in [0.4, 0.5) is 0 Å². The molecule has 0 spiro atoms. The van der Waals surface area contributed by atoms with E-state index < -0.39 is 0 Å². The number of hydrogen-bond donors (Lipinski definition) is 0. The molecule has 1 saturated carbocycles. The zero-order valence-electron chi connectivity index (χ0n) is 9.14. The molecule has 2 aromatic carbocycles. The minimum atomic E-state index is 0.802. The molecule has 1 fully saturated rings. The van der Waals surface area contributed by atoms with Crippen LogP contribution in [0.2, 0.25) is 0 Å². The Labute approximate surface area is 95.9 Å². The average molecular weight is 206 g/mol. The summed E-state index contributed by atoms with van der Waals surface area (Å²) in [5.74, 6) is 2.51. The van der Waals surface area contributed by atoms with Crippen molar-refractivity contribution in [1.29, 1.82) is 0 Å². The van der Waals surface area contributed by atoms with Crippen molar-refractivity contribution in [3.63, 3.8) is 0 Å². The third-order valence-corrected chi connectivity index (χ3v) is 4.22. The van der Waals surface area contributed by atoms with Crippen molar-refractivity contribution >= 4 is 0 Å². The number of hydrogen-bond acceptors (Lipinski definition) is 0. The summed E-state index contributed by atoms with van der Waals surface area (Å²) in [6.07, 6.45) is 1.29. The second-order valence-corrected chi connectivity index (χ2v) is 5.03. The Balaban J connectivity index is 1.72. The fourth-order valence-corrected chi connectivity index (χ4v) is 3.48. The lowest BCUT2D eigenvalue weighted by molar-refractivity contribution is 0.813. The van der Waals surface area contributed by atoms with E-state index in [4.69, 9.17) is 0 Å². The van der Waals surface area contributed by atoms with Crippen LogP contribution >= 0.6 is 0 Å². The fourth-order valence-electron chi connectivity index (χ4n) is 3.48. The van der Waals surface area contributed by atoms with Gasteiger partial charge in [0.2, 0.25) is 0 Å². The molecule has 3 atom stereocenters. The summed E-state index contributed by atoms with van der Waals surface area (Å²) >= 11 is 0. The minimum Gasteiger partial charge on any atom is -0.0622 e. The maximum Gasteiger partial charge on any atom is -0.00498 e. The molecule has 0 heteroatoms. The molecule has 78 valence electrons. The zero-order valence-corrected chi connectivity index (χ0v) is 9.14. The molecule has 0 nitrogen and oxygen atoms in total. The third-order valence-electron chi connectivity index (χ3n) is 4.22. The summed E-state index contributed by atoms with van der Waals surface area (Å²) in [6.45, 7) is 0. The second-order valence-electron chi connectivity index (χ2n) is 5.03. The van der Waals surface area contributed by atoms with Crippen molar-refractivity contribution < 1.29 is 0 Å². The first kappa shape index (κ1) is 8.58. The average Bonchev–Trinajstić information content (AvgIpc) is 2.94. The highest BCUT2D eigenvalue weighted by Gasteiger charge is 2.55. The predicted molar refractivity (Wildman–Crippen MR) is 65.6 cm³/mol. The van der Waals surface area contributed by atoms with E-state index in [1.54, 1.807) is 11.1 Å². The van der Waals surface area contributed by atoms with Gasteiger partial charge in [-0.1, -0.05) is 54.6 Å². The van der Waals surface area contributed by atoms with Gasteiger partial charge in [-0.05, 0) is 40.9 Å². The van der Waals surface area contributed by atoms with Gasteiger partial charge in [0.15, 0.2) is 0 Å². The van der Waals surface area contributed by atoms with Gasteiger partial charge < -0.3 is 0 Å². The van der Waals surface area contributed by atoms with Crippen LogP contribution in [0.5, 0.6) is 0 Å². The normalized spacial score (nSPS) is 29.6. The summed E-state index contributed by atoms with van der Waals surface area (Å²) in [5, 5.41) is 0. The molecule has 2 aliphatic carbocycles. The Hall–Kier alpha value is -1.56. The molecule has 2 aromatic rings. The van der Waals surface area contributed by atoms with Crippen molar-refractivity contribution in [3.8, 4) is 0 Å². The molecule has 0 amide bonds. The predicted octanol–water partition coefficient (Wildman–Crippen LogP) is 3.74. The van der Waals surface area contributed by atoms with Gasteiger partial charge in [0.1, 0.15) is 0 Å². The van der Waals surface area contributed by atoms with Crippen molar-refractivity contribution in [2.24, 2.45) is 5.92 Å². The first-order chi connectivity index (χ1) is 7.95. The number of rotatable bonds is 1. The molecule has 0 heterocycles. The maximum atomic E-state index is 2.32. The van der Waals surface area contributed by atoms with Gasteiger partial charge in [-0.3, -0.25) is 0 Å². The van der Waals surface area contributed by atoms with E-state index in [9.17, 15) is 0 Å². The number of fused-ring (bicyclic) bond motifs is 3. The van der Waals surface area contributed by atoms with Crippen LogP contribution in [0.15, 0.2) is 54.6 Å². The van der Waals surface area contributed by atoms with E-state index in [1.807, 2.05) is 0 Å². The van der Waals surface area contributed by atoms with E-state index in [-0.39, 0.29) is 0 Å². The summed E-state index contributed by atoms with van der Waals surface area (Å²) in [7, 11) is 0. The van der Waals surface area contributed by atoms with Gasteiger partial charge >= 0.3 is 0 Å². The first-order valence-electron chi connectivity index (χ1n) is 6.08. The molecule has 4 rings (SSSR count). The monoisotopic (exact) mass is 206 g/mol. The van der Waals surface area contributed by atoms with Gasteiger partial charge in [0, 0.05) is 0 Å². The van der Waals surface area contributed by atoms with E-state index in [1.165, 1.54) is 12.0 Å². The van der Waals surface area contributed by atoms with Gasteiger partial charge in [0.05, 0.1) is 0 Å². The summed E-state index contributed by atoms with van der Waals surface area (Å²) in [5.41, 5.74) is 4.73. The quantitative estimate of drug-likeness (QED) is 0.666. The Morgan fingerprint density at radius 3 is 2.38 bits per heavy atom. The van der Waals surface area contributed by atoms with Gasteiger partial charge in [0.25, 0.3) is 0 Å². The molecule has 0 N–H and O–H groups in total. The molecule has 16 heavy (non-hydrogen) atoms. The summed E-state index contributed by atoms with van der Waals surface area (Å²) in [4.78, 5) is 0. The largest absolute Gasteiger partial charge is 0.0622 e. The van der Waals surface area contributed by atoms with Crippen LogP contribution in [-0.4, -0.2) is 0 Å². The molecule has 0 radical (unpaired) electrons. The summed E-state index contributed by atoms with van der Waals surface area (Å²) < 4.78 is 0. The summed E-state index contributed by atoms with van der Waals surface area (Å²) in [6, 6.07) is 20.0. The molecule has 2 aliphatic rings. The van der Waals surface area contributed by atoms with Crippen molar-refractivity contribution in [3.05, 3.63) is 71.3 Å². The third kappa shape index (κ3) is 1.05. The molecular weight excluding hydrogens is 192 g/mol. The van der Waals surface area contributed by atoms with E-state index in [0.29, 0.717) is 0 Å². The van der Waals surface area contributed by atoms with Gasteiger partial charge in [-0.15, -0.1) is 0 Å². The van der Waals surface area contributed by atoms with E-state index >= 15 is 0 Å². The lowest BCUT2D eigenvalue weighted by Gasteiger charge is -2.07. The maximum absolute atomic E-state index is 2.32. The Kier molecular flexibility index (Phi) is 1.59. The van der Waals surface area contributed by atoms with Crippen LogP contribution < -0.4 is 0 Å². The highest BCUT2D eigenvalue weighted by Crippen LogP contribution is 2.66. The fraction of sp³-hybridized carbons (Fsp3) is 0.250. The van der Waals surface area contributed by atoms with Crippen LogP contribution in [0.1, 0.15) is 28.5 Å². The van der Waals surface area contributed by atoms with Crippen molar-refractivity contribution in [2.75, 3.05) is 0 Å². The lowest BCUT2D eigenvalue weighted by atomic mass is 9.98. The SMILES string of the molecule is c1ccc([C@H]2[C@H]3Cc4ccccc4[C@H]32)cc1. The lowest BCUT2D eigenvalue weighted by Crippen LogP contribution is -1.92. The van der Waals surface area contributed by atoms with Gasteiger partial charge in [-0.2, -0.15) is 0 Å². The molecule has 0 aliphatic heterocycles. The highest BCUT2D eigenvalue weighted by molar-refractivity contribution is 5.48. The van der Waals surface area contributed by atoms with Gasteiger partial charge in [-0.25, -0.2) is 0 Å². The molecule has 0 saturated heterocycles. The molecule has 0 bridgehead atoms. The standard InChI is InChI=1S/C16H14/c1-2-6-11(7-3-1)15-14-10-12-8-4-5-9-13(12)16(14)15/h1-9,14-16H,10H2/t14-,15+,16-/m1/s1. The van der Waals surface area contributed by atoms with Crippen LogP contribution in [0.3, 0.4) is 0 Å².